The van der Waals surface area contributed by atoms with E-state index in [0.29, 0.717) is 25.1 Å². The number of likely N-dealkylation sites (tertiary alicyclic amines) is 1. The summed E-state index contributed by atoms with van der Waals surface area (Å²) in [5, 5.41) is 19.8. The largest absolute Gasteiger partial charge is 0.485 e. The molecular weight excluding hydrogens is 284 g/mol. The molecule has 1 N–H and O–H groups in total. The fraction of sp³-hybridized carbons (Fsp3) is 0.562. The monoisotopic (exact) mass is 302 g/mol. The lowest BCUT2D eigenvalue weighted by Gasteiger charge is -2.46. The highest BCUT2D eigenvalue weighted by Crippen LogP contribution is 2.40. The van der Waals surface area contributed by atoms with Gasteiger partial charge in [-0.25, -0.2) is 0 Å². The minimum atomic E-state index is -1.02. The molecule has 3 aliphatic rings. The number of aliphatic hydroxyl groups is 1. The van der Waals surface area contributed by atoms with E-state index in [4.69, 9.17) is 10.00 Å². The Morgan fingerprint density at radius 3 is 2.77 bits per heavy atom. The van der Waals surface area contributed by atoms with Gasteiger partial charge < -0.3 is 14.7 Å². The predicted octanol–water partition coefficient (Wildman–Crippen LogP) is 0.680. The van der Waals surface area contributed by atoms with E-state index >= 15 is 0 Å². The summed E-state index contributed by atoms with van der Waals surface area (Å²) in [5.74, 6) is -1.00. The maximum Gasteiger partial charge on any atom is 0.223 e. The van der Waals surface area contributed by atoms with E-state index in [9.17, 15) is 14.7 Å². The van der Waals surface area contributed by atoms with Gasteiger partial charge in [0.15, 0.2) is 5.78 Å². The van der Waals surface area contributed by atoms with Crippen LogP contribution in [0.25, 0.3) is 0 Å². The van der Waals surface area contributed by atoms with Crippen molar-refractivity contribution >= 4 is 11.7 Å². The number of amides is 1. The normalized spacial score (nSPS) is 33.5. The second-order valence-electron chi connectivity index (χ2n) is 6.39. The van der Waals surface area contributed by atoms with Gasteiger partial charge in [0.2, 0.25) is 5.91 Å². The number of Topliss-reactive ketones (excluding diaryl/α,β-unsaturated/α-hetero) is 1. The van der Waals surface area contributed by atoms with Gasteiger partial charge in [-0.05, 0) is 26.3 Å². The second kappa shape index (κ2) is 4.96. The molecule has 1 fully saturated rings. The molecule has 1 unspecified atom stereocenters. The van der Waals surface area contributed by atoms with E-state index in [-0.39, 0.29) is 17.3 Å². The van der Waals surface area contributed by atoms with Crippen LogP contribution in [0.3, 0.4) is 0 Å². The molecule has 6 heteroatoms. The summed E-state index contributed by atoms with van der Waals surface area (Å²) in [6, 6.07) is 1.19. The average Bonchev–Trinajstić information content (AvgIpc) is 2.87. The van der Waals surface area contributed by atoms with Crippen LogP contribution in [0.1, 0.15) is 26.7 Å². The third-order valence-electron chi connectivity index (χ3n) is 4.52. The molecule has 116 valence electrons. The molecule has 22 heavy (non-hydrogen) atoms. The number of carbonyl (C=O) groups excluding carboxylic acids is 2. The first-order chi connectivity index (χ1) is 10.4. The maximum absolute atomic E-state index is 12.6. The Balaban J connectivity index is 2.11. The highest BCUT2D eigenvalue weighted by atomic mass is 16.5. The number of nitrogens with zero attached hydrogens (tertiary/aromatic N) is 2. The third-order valence-corrected chi connectivity index (χ3v) is 4.52. The van der Waals surface area contributed by atoms with Crippen LogP contribution < -0.4 is 0 Å². The summed E-state index contributed by atoms with van der Waals surface area (Å²) in [4.78, 5) is 26.2. The van der Waals surface area contributed by atoms with E-state index in [1.165, 1.54) is 6.08 Å². The first-order valence-electron chi connectivity index (χ1n) is 7.39. The Kier molecular flexibility index (Phi) is 3.33. The molecule has 3 atom stereocenters. The molecule has 0 aromatic rings. The van der Waals surface area contributed by atoms with Crippen LogP contribution in [0, 0.1) is 17.2 Å². The van der Waals surface area contributed by atoms with Gasteiger partial charge >= 0.3 is 0 Å². The van der Waals surface area contributed by atoms with E-state index in [2.05, 4.69) is 0 Å². The number of allylic oxidation sites excluding steroid dienone is 2. The molecule has 1 aliphatic carbocycles. The zero-order valence-corrected chi connectivity index (χ0v) is 12.6. The Morgan fingerprint density at radius 1 is 1.45 bits per heavy atom. The van der Waals surface area contributed by atoms with Gasteiger partial charge in [0.25, 0.3) is 0 Å². The fourth-order valence-corrected chi connectivity index (χ4v) is 3.30. The van der Waals surface area contributed by atoms with Crippen molar-refractivity contribution in [3.8, 4) is 6.07 Å². The second-order valence-corrected chi connectivity index (χ2v) is 6.39. The van der Waals surface area contributed by atoms with Crippen molar-refractivity contribution in [1.29, 1.82) is 5.26 Å². The first-order valence-corrected chi connectivity index (χ1v) is 7.39. The first kappa shape index (κ1) is 14.8. The molecule has 0 bridgehead atoms. The van der Waals surface area contributed by atoms with Gasteiger partial charge in [-0.15, -0.1) is 0 Å². The Hall–Kier alpha value is -2.13. The molecule has 2 heterocycles. The summed E-state index contributed by atoms with van der Waals surface area (Å²) in [6.45, 7) is 3.95. The van der Waals surface area contributed by atoms with Gasteiger partial charge in [0.05, 0.1) is 17.7 Å². The van der Waals surface area contributed by atoms with Crippen molar-refractivity contribution in [3.05, 3.63) is 23.5 Å². The Morgan fingerprint density at radius 2 is 2.18 bits per heavy atom. The molecule has 0 aromatic heterocycles. The van der Waals surface area contributed by atoms with Crippen LogP contribution in [0.5, 0.6) is 0 Å². The van der Waals surface area contributed by atoms with Crippen LogP contribution >= 0.6 is 0 Å². The van der Waals surface area contributed by atoms with Gasteiger partial charge in [0.1, 0.15) is 23.4 Å². The lowest BCUT2D eigenvalue weighted by Crippen LogP contribution is -2.59. The molecule has 2 aliphatic heterocycles. The summed E-state index contributed by atoms with van der Waals surface area (Å²) in [6.07, 6.45) is 3.20. The Labute approximate surface area is 128 Å². The number of ketones is 1. The molecular formula is C16H18N2O4. The van der Waals surface area contributed by atoms with Crippen LogP contribution in [-0.4, -0.2) is 46.0 Å². The van der Waals surface area contributed by atoms with Gasteiger partial charge in [-0.2, -0.15) is 5.26 Å². The number of ether oxygens (including phenoxy) is 1. The SMILES string of the molecule is CC1(C)OC2=C(C(=O)C(C#N)C=C2)[C@@H](N2CCCC2=O)[C@@H]1O. The predicted molar refractivity (Wildman–Crippen MR) is 76.2 cm³/mol. The number of rotatable bonds is 1. The topological polar surface area (TPSA) is 90.6 Å². The van der Waals surface area contributed by atoms with Crippen molar-refractivity contribution in [2.24, 2.45) is 5.92 Å². The Bertz CT molecular complexity index is 641. The number of hydrogen-bond acceptors (Lipinski definition) is 5. The number of hydrogen-bond donors (Lipinski definition) is 1. The molecule has 0 spiro atoms. The lowest BCUT2D eigenvalue weighted by atomic mass is 9.79. The van der Waals surface area contributed by atoms with E-state index in [1.807, 2.05) is 6.07 Å². The number of nitriles is 1. The molecule has 1 saturated heterocycles. The molecule has 6 nitrogen and oxygen atoms in total. The lowest BCUT2D eigenvalue weighted by molar-refractivity contribution is -0.144. The zero-order valence-electron chi connectivity index (χ0n) is 12.6. The molecule has 3 rings (SSSR count). The average molecular weight is 302 g/mol. The quantitative estimate of drug-likeness (QED) is 0.769. The minimum absolute atomic E-state index is 0.0792. The van der Waals surface area contributed by atoms with E-state index in [0.717, 1.165) is 0 Å². The number of aliphatic hydroxyl groups excluding tert-OH is 1. The smallest absolute Gasteiger partial charge is 0.223 e. The highest BCUT2D eigenvalue weighted by Gasteiger charge is 2.51. The minimum Gasteiger partial charge on any atom is -0.485 e. The zero-order chi connectivity index (χ0) is 16.1. The van der Waals surface area contributed by atoms with Crippen molar-refractivity contribution in [2.45, 2.75) is 44.4 Å². The van der Waals surface area contributed by atoms with Crippen molar-refractivity contribution in [1.82, 2.24) is 4.90 Å². The van der Waals surface area contributed by atoms with E-state index in [1.54, 1.807) is 24.8 Å². The van der Waals surface area contributed by atoms with Gasteiger partial charge in [-0.1, -0.05) is 6.08 Å². The van der Waals surface area contributed by atoms with Crippen molar-refractivity contribution < 1.29 is 19.4 Å². The van der Waals surface area contributed by atoms with Gasteiger partial charge in [-0.3, -0.25) is 9.59 Å². The van der Waals surface area contributed by atoms with Crippen LogP contribution in [0.2, 0.25) is 0 Å². The molecule has 0 radical (unpaired) electrons. The summed E-state index contributed by atoms with van der Waals surface area (Å²) >= 11 is 0. The molecule has 0 aromatic carbocycles. The fourth-order valence-electron chi connectivity index (χ4n) is 3.30. The standard InChI is InChI=1S/C16H18N2O4/c1-16(2)15(21)13(18-7-3-4-11(18)19)12-10(22-16)6-5-9(8-17)14(12)20/h5-6,9,13,15,21H,3-4,7H2,1-2H3/t9?,13-,15+/m1/s1. The molecule has 0 saturated carbocycles. The van der Waals surface area contributed by atoms with Crippen LogP contribution in [0.4, 0.5) is 0 Å². The third kappa shape index (κ3) is 2.04. The summed E-state index contributed by atoms with van der Waals surface area (Å²) < 4.78 is 5.75. The van der Waals surface area contributed by atoms with Crippen molar-refractivity contribution in [2.75, 3.05) is 6.54 Å². The van der Waals surface area contributed by atoms with E-state index < -0.39 is 23.7 Å². The highest BCUT2D eigenvalue weighted by molar-refractivity contribution is 6.03. The van der Waals surface area contributed by atoms with Gasteiger partial charge in [0, 0.05) is 13.0 Å². The van der Waals surface area contributed by atoms with Crippen LogP contribution in [0.15, 0.2) is 23.5 Å². The van der Waals surface area contributed by atoms with Crippen LogP contribution in [-0.2, 0) is 14.3 Å². The number of carbonyl (C=O) groups is 2. The maximum atomic E-state index is 12.6. The van der Waals surface area contributed by atoms with Crippen molar-refractivity contribution in [3.63, 3.8) is 0 Å². The summed E-state index contributed by atoms with van der Waals surface area (Å²) in [5.41, 5.74) is -0.674. The summed E-state index contributed by atoms with van der Waals surface area (Å²) in [7, 11) is 0. The molecule has 1 amide bonds.